The monoisotopic (exact) mass is 196 g/mol. The highest BCUT2D eigenvalue weighted by atomic mass is 32.2. The van der Waals surface area contributed by atoms with Gasteiger partial charge in [-0.2, -0.15) is 8.42 Å². The van der Waals surface area contributed by atoms with Gasteiger partial charge < -0.3 is 9.99 Å². The lowest BCUT2D eigenvalue weighted by atomic mass is 10.6. The molecule has 0 saturated heterocycles. The third-order valence-electron chi connectivity index (χ3n) is 0.816. The van der Waals surface area contributed by atoms with E-state index in [0.29, 0.717) is 6.42 Å². The molecule has 0 aromatic heterocycles. The van der Waals surface area contributed by atoms with Crippen molar-refractivity contribution in [2.45, 2.75) is 20.3 Å². The maximum atomic E-state index is 10.8. The van der Waals surface area contributed by atoms with Crippen LogP contribution in [0.5, 0.6) is 0 Å². The van der Waals surface area contributed by atoms with Gasteiger partial charge in [0.25, 0.3) is 0 Å². The van der Waals surface area contributed by atoms with E-state index in [2.05, 4.69) is 9.22 Å². The van der Waals surface area contributed by atoms with Gasteiger partial charge >= 0.3 is 10.1 Å². The number of rotatable bonds is 5. The van der Waals surface area contributed by atoms with Gasteiger partial charge in [0.2, 0.25) is 0 Å². The molecule has 5 nitrogen and oxygen atoms in total. The van der Waals surface area contributed by atoms with Crippen molar-refractivity contribution in [3.8, 4) is 0 Å². The third kappa shape index (κ3) is 5.99. The van der Waals surface area contributed by atoms with Crippen molar-refractivity contribution in [3.63, 3.8) is 0 Å². The second kappa shape index (κ2) is 5.00. The fourth-order valence-corrected chi connectivity index (χ4v) is 1.16. The van der Waals surface area contributed by atoms with Crippen LogP contribution >= 0.6 is 0 Å². The number of hydrogen-bond acceptors (Lipinski definition) is 5. The minimum absolute atomic E-state index is 0.106. The largest absolute Gasteiger partial charge is 0.509 e. The van der Waals surface area contributed by atoms with Gasteiger partial charge in [0.05, 0.1) is 5.75 Å². The van der Waals surface area contributed by atoms with Crippen molar-refractivity contribution in [1.82, 2.24) is 0 Å². The van der Waals surface area contributed by atoms with Gasteiger partial charge in [0.15, 0.2) is 6.26 Å². The topological polar surface area (TPSA) is 72.8 Å². The summed E-state index contributed by atoms with van der Waals surface area (Å²) in [6.45, 7) is 3.03. The molecule has 0 aliphatic carbocycles. The lowest BCUT2D eigenvalue weighted by molar-refractivity contribution is -0.145. The smallest absolute Gasteiger partial charge is 0.303 e. The standard InChI is InChI=1S/C6H12O5S/c1-3-4-12(8,9)11-10-5-6(2)7/h5,7H,3-4H2,1-2H3. The van der Waals surface area contributed by atoms with Gasteiger partial charge in [0.1, 0.15) is 5.76 Å². The van der Waals surface area contributed by atoms with Gasteiger partial charge in [-0.3, -0.25) is 0 Å². The molecule has 0 radical (unpaired) electrons. The molecule has 0 aromatic rings. The Kier molecular flexibility index (Phi) is 4.68. The molecule has 0 rings (SSSR count). The maximum Gasteiger partial charge on any atom is 0.303 e. The van der Waals surface area contributed by atoms with Gasteiger partial charge in [-0.25, -0.2) is 0 Å². The van der Waals surface area contributed by atoms with Gasteiger partial charge in [0, 0.05) is 0 Å². The minimum Gasteiger partial charge on any atom is -0.509 e. The quantitative estimate of drug-likeness (QED) is 0.405. The summed E-state index contributed by atoms with van der Waals surface area (Å²) in [6.07, 6.45) is 1.25. The Bertz CT molecular complexity index is 237. The molecule has 0 aromatic carbocycles. The first-order valence-electron chi connectivity index (χ1n) is 3.41. The van der Waals surface area contributed by atoms with E-state index in [1.165, 1.54) is 6.92 Å². The zero-order valence-electron chi connectivity index (χ0n) is 6.98. The molecular weight excluding hydrogens is 184 g/mol. The molecule has 0 heterocycles. The van der Waals surface area contributed by atoms with Crippen molar-refractivity contribution < 1.29 is 22.7 Å². The number of aliphatic hydroxyl groups excluding tert-OH is 1. The summed E-state index contributed by atoms with van der Waals surface area (Å²) in [5.41, 5.74) is 0. The Hall–Kier alpha value is -0.750. The lowest BCUT2D eigenvalue weighted by Gasteiger charge is -1.99. The molecule has 0 saturated carbocycles. The Morgan fingerprint density at radius 3 is 2.58 bits per heavy atom. The summed E-state index contributed by atoms with van der Waals surface area (Å²) in [5.74, 6) is -0.271. The SMILES string of the molecule is CCCS(=O)(=O)OOC=C(C)O. The third-order valence-corrected chi connectivity index (χ3v) is 2.01. The highest BCUT2D eigenvalue weighted by molar-refractivity contribution is 7.86. The van der Waals surface area contributed by atoms with Gasteiger partial charge in [-0.1, -0.05) is 11.3 Å². The van der Waals surface area contributed by atoms with Crippen molar-refractivity contribution in [2.24, 2.45) is 0 Å². The molecule has 0 spiro atoms. The summed E-state index contributed by atoms with van der Waals surface area (Å²) in [6, 6.07) is 0. The molecule has 0 atom stereocenters. The van der Waals surface area contributed by atoms with E-state index in [-0.39, 0.29) is 11.5 Å². The molecule has 0 unspecified atom stereocenters. The van der Waals surface area contributed by atoms with E-state index in [4.69, 9.17) is 5.11 Å². The maximum absolute atomic E-state index is 10.8. The predicted molar refractivity (Wildman–Crippen MR) is 42.6 cm³/mol. The van der Waals surface area contributed by atoms with E-state index in [1.54, 1.807) is 6.92 Å². The molecule has 12 heavy (non-hydrogen) atoms. The average molecular weight is 196 g/mol. The fraction of sp³-hybridized carbons (Fsp3) is 0.667. The van der Waals surface area contributed by atoms with E-state index in [1.807, 2.05) is 0 Å². The highest BCUT2D eigenvalue weighted by Gasteiger charge is 2.09. The second-order valence-corrected chi connectivity index (χ2v) is 3.84. The van der Waals surface area contributed by atoms with E-state index in [9.17, 15) is 8.42 Å². The second-order valence-electron chi connectivity index (χ2n) is 2.19. The number of allylic oxidation sites excluding steroid dienone is 1. The van der Waals surface area contributed by atoms with Crippen molar-refractivity contribution in [1.29, 1.82) is 0 Å². The van der Waals surface area contributed by atoms with Crippen LogP contribution in [0.3, 0.4) is 0 Å². The van der Waals surface area contributed by atoms with Crippen LogP contribution in [0.1, 0.15) is 20.3 Å². The van der Waals surface area contributed by atoms with Crippen LogP contribution in [0.15, 0.2) is 12.0 Å². The Morgan fingerprint density at radius 1 is 1.58 bits per heavy atom. The van der Waals surface area contributed by atoms with E-state index >= 15 is 0 Å². The van der Waals surface area contributed by atoms with Crippen LogP contribution < -0.4 is 0 Å². The molecule has 0 fully saturated rings. The summed E-state index contributed by atoms with van der Waals surface area (Å²) in [4.78, 5) is 4.11. The molecule has 0 bridgehead atoms. The van der Waals surface area contributed by atoms with Crippen LogP contribution in [-0.4, -0.2) is 19.3 Å². The summed E-state index contributed by atoms with van der Waals surface area (Å²) < 4.78 is 25.5. The number of aliphatic hydroxyl groups is 1. The molecule has 1 N–H and O–H groups in total. The average Bonchev–Trinajstić information content (AvgIpc) is 1.85. The van der Waals surface area contributed by atoms with Crippen LogP contribution in [0.4, 0.5) is 0 Å². The first kappa shape index (κ1) is 11.2. The first-order valence-corrected chi connectivity index (χ1v) is 4.99. The van der Waals surface area contributed by atoms with E-state index in [0.717, 1.165) is 6.26 Å². The Balaban J connectivity index is 3.85. The summed E-state index contributed by atoms with van der Waals surface area (Å²) in [7, 11) is -3.61. The number of hydrogen-bond donors (Lipinski definition) is 1. The molecule has 72 valence electrons. The first-order chi connectivity index (χ1) is 5.48. The molecule has 6 heteroatoms. The lowest BCUT2D eigenvalue weighted by Crippen LogP contribution is -2.08. The van der Waals surface area contributed by atoms with Crippen LogP contribution in [0.25, 0.3) is 0 Å². The molecule has 0 aliphatic rings. The predicted octanol–water partition coefficient (Wildman–Crippen LogP) is 1.09. The van der Waals surface area contributed by atoms with Crippen molar-refractivity contribution in [3.05, 3.63) is 12.0 Å². The fourth-order valence-electron chi connectivity index (χ4n) is 0.433. The van der Waals surface area contributed by atoms with Crippen LogP contribution in [0.2, 0.25) is 0 Å². The van der Waals surface area contributed by atoms with Gasteiger partial charge in [-0.05, 0) is 13.3 Å². The minimum atomic E-state index is -3.61. The summed E-state index contributed by atoms with van der Waals surface area (Å²) >= 11 is 0. The Morgan fingerprint density at radius 2 is 2.17 bits per heavy atom. The zero-order chi connectivity index (χ0) is 9.61. The van der Waals surface area contributed by atoms with Crippen molar-refractivity contribution in [2.75, 3.05) is 5.75 Å². The van der Waals surface area contributed by atoms with Gasteiger partial charge in [-0.15, -0.1) is 0 Å². The van der Waals surface area contributed by atoms with Crippen LogP contribution in [-0.2, 0) is 19.3 Å². The Labute approximate surface area is 71.7 Å². The highest BCUT2D eigenvalue weighted by Crippen LogP contribution is 1.98. The van der Waals surface area contributed by atoms with Crippen molar-refractivity contribution >= 4 is 10.1 Å². The van der Waals surface area contributed by atoms with Crippen LogP contribution in [0, 0.1) is 0 Å². The molecular formula is C6H12O5S. The normalized spacial score (nSPS) is 13.0. The molecule has 0 aliphatic heterocycles. The summed E-state index contributed by atoms with van der Waals surface area (Å²) in [5, 5.41) is 8.54. The molecule has 0 amide bonds. The van der Waals surface area contributed by atoms with E-state index < -0.39 is 10.1 Å². The zero-order valence-corrected chi connectivity index (χ0v) is 7.80.